The van der Waals surface area contributed by atoms with Gasteiger partial charge in [0.15, 0.2) is 0 Å². The first kappa shape index (κ1) is 22.1. The first-order chi connectivity index (χ1) is 14.9. The van der Waals surface area contributed by atoms with Crippen LogP contribution < -0.4 is 10.2 Å². The minimum Gasteiger partial charge on any atom is -0.378 e. The number of morpholine rings is 1. The normalized spacial score (nSPS) is 19.9. The molecule has 1 aromatic carbocycles. The minimum absolute atomic E-state index is 0.145. The maximum atomic E-state index is 13.3. The van der Waals surface area contributed by atoms with E-state index in [2.05, 4.69) is 28.6 Å². The van der Waals surface area contributed by atoms with Crippen molar-refractivity contribution in [1.29, 1.82) is 0 Å². The van der Waals surface area contributed by atoms with Crippen LogP contribution in [0.1, 0.15) is 35.4 Å². The predicted octanol–water partition coefficient (Wildman–Crippen LogP) is 4.55. The highest BCUT2D eigenvalue weighted by molar-refractivity contribution is 7.10. The molecule has 9 heteroatoms. The van der Waals surface area contributed by atoms with Crippen LogP contribution in [-0.2, 0) is 22.1 Å². The zero-order chi connectivity index (χ0) is 22.0. The molecule has 2 aliphatic rings. The van der Waals surface area contributed by atoms with Gasteiger partial charge in [0.2, 0.25) is 5.91 Å². The maximum absolute atomic E-state index is 13.3. The fraction of sp³-hybridized carbons (Fsp3) is 0.500. The number of hydrogen-bond donors (Lipinski definition) is 1. The number of hydrogen-bond acceptors (Lipinski definition) is 5. The lowest BCUT2D eigenvalue weighted by atomic mass is 9.98. The second-order valence-corrected chi connectivity index (χ2v) is 8.82. The molecule has 5 nitrogen and oxygen atoms in total. The molecule has 1 unspecified atom stereocenters. The number of alkyl halides is 3. The van der Waals surface area contributed by atoms with Gasteiger partial charge in [-0.3, -0.25) is 9.69 Å². The van der Waals surface area contributed by atoms with Gasteiger partial charge >= 0.3 is 6.18 Å². The Hall–Kier alpha value is -2.10. The van der Waals surface area contributed by atoms with E-state index in [9.17, 15) is 18.0 Å². The molecular weight excluding hydrogens is 427 g/mol. The first-order valence-corrected chi connectivity index (χ1v) is 11.4. The molecule has 0 aliphatic carbocycles. The van der Waals surface area contributed by atoms with Crippen molar-refractivity contribution in [3.05, 3.63) is 45.6 Å². The maximum Gasteiger partial charge on any atom is 0.416 e. The standard InChI is InChI=1S/C22H26F3N3O2S/c1-2-18-16-6-12-31-20(16)5-7-28(18)14-21(29)26-17-13-15(22(23,24)25)3-4-19(17)27-8-10-30-11-9-27/h3-4,6,12-13,18H,2,5,7-11,14H2,1H3,(H,26,29). The summed E-state index contributed by atoms with van der Waals surface area (Å²) in [7, 11) is 0. The summed E-state index contributed by atoms with van der Waals surface area (Å²) < 4.78 is 45.3. The highest BCUT2D eigenvalue weighted by Gasteiger charge is 2.32. The van der Waals surface area contributed by atoms with E-state index in [1.807, 2.05) is 4.90 Å². The lowest BCUT2D eigenvalue weighted by Gasteiger charge is -2.35. The van der Waals surface area contributed by atoms with Crippen molar-refractivity contribution < 1.29 is 22.7 Å². The summed E-state index contributed by atoms with van der Waals surface area (Å²) in [6.07, 6.45) is -2.71. The Labute approximate surface area is 183 Å². The fourth-order valence-corrected chi connectivity index (χ4v) is 5.31. The van der Waals surface area contributed by atoms with Gasteiger partial charge in [0.25, 0.3) is 0 Å². The van der Waals surface area contributed by atoms with Gasteiger partial charge in [0.1, 0.15) is 0 Å². The number of nitrogens with zero attached hydrogens (tertiary/aromatic N) is 2. The molecule has 0 radical (unpaired) electrons. The fourth-order valence-electron chi connectivity index (χ4n) is 4.38. The third-order valence-corrected chi connectivity index (χ3v) is 6.89. The van der Waals surface area contributed by atoms with Gasteiger partial charge in [-0.15, -0.1) is 11.3 Å². The van der Waals surface area contributed by atoms with Crippen LogP contribution in [0.4, 0.5) is 24.5 Å². The SMILES string of the molecule is CCC1c2ccsc2CCN1CC(=O)Nc1cc(C(F)(F)F)ccc1N1CCOCC1. The monoisotopic (exact) mass is 453 g/mol. The van der Waals surface area contributed by atoms with Crippen LogP contribution in [0.3, 0.4) is 0 Å². The van der Waals surface area contributed by atoms with E-state index in [0.29, 0.717) is 32.0 Å². The van der Waals surface area contributed by atoms with Gasteiger partial charge in [0, 0.05) is 30.6 Å². The van der Waals surface area contributed by atoms with Crippen LogP contribution in [0.5, 0.6) is 0 Å². The van der Waals surface area contributed by atoms with Crippen molar-refractivity contribution in [1.82, 2.24) is 4.90 Å². The summed E-state index contributed by atoms with van der Waals surface area (Å²) in [5, 5.41) is 4.85. The summed E-state index contributed by atoms with van der Waals surface area (Å²) in [5.41, 5.74) is 1.28. The molecule has 1 saturated heterocycles. The molecule has 168 valence electrons. The molecule has 2 aromatic rings. The van der Waals surface area contributed by atoms with Crippen LogP contribution in [0.15, 0.2) is 29.6 Å². The van der Waals surface area contributed by atoms with Crippen LogP contribution in [0, 0.1) is 0 Å². The zero-order valence-electron chi connectivity index (χ0n) is 17.4. The van der Waals surface area contributed by atoms with Crippen molar-refractivity contribution in [2.24, 2.45) is 0 Å². The highest BCUT2D eigenvalue weighted by atomic mass is 32.1. The van der Waals surface area contributed by atoms with Crippen LogP contribution in [0.2, 0.25) is 0 Å². The number of nitrogens with one attached hydrogen (secondary N) is 1. The van der Waals surface area contributed by atoms with E-state index in [1.54, 1.807) is 11.3 Å². The molecule has 1 atom stereocenters. The van der Waals surface area contributed by atoms with E-state index in [4.69, 9.17) is 4.74 Å². The van der Waals surface area contributed by atoms with E-state index in [0.717, 1.165) is 31.5 Å². The van der Waals surface area contributed by atoms with Gasteiger partial charge in [-0.2, -0.15) is 13.2 Å². The Balaban J connectivity index is 1.53. The molecule has 1 amide bonds. The van der Waals surface area contributed by atoms with Crippen molar-refractivity contribution in [2.75, 3.05) is 49.6 Å². The quantitative estimate of drug-likeness (QED) is 0.722. The van der Waals surface area contributed by atoms with Gasteiger partial charge in [-0.1, -0.05) is 6.92 Å². The van der Waals surface area contributed by atoms with Crippen molar-refractivity contribution in [3.8, 4) is 0 Å². The largest absolute Gasteiger partial charge is 0.416 e. The topological polar surface area (TPSA) is 44.8 Å². The zero-order valence-corrected chi connectivity index (χ0v) is 18.2. The Morgan fingerprint density at radius 2 is 2.00 bits per heavy atom. The molecule has 1 N–H and O–H groups in total. The average molecular weight is 454 g/mol. The Morgan fingerprint density at radius 3 is 2.71 bits per heavy atom. The van der Waals surface area contributed by atoms with E-state index < -0.39 is 11.7 Å². The molecular formula is C22H26F3N3O2S. The molecule has 31 heavy (non-hydrogen) atoms. The molecule has 0 spiro atoms. The number of amides is 1. The number of thiophene rings is 1. The van der Waals surface area contributed by atoms with Crippen LogP contribution in [-0.4, -0.2) is 50.2 Å². The number of halogens is 3. The molecule has 1 fully saturated rings. The van der Waals surface area contributed by atoms with Crippen molar-refractivity contribution in [3.63, 3.8) is 0 Å². The predicted molar refractivity (Wildman–Crippen MR) is 116 cm³/mol. The smallest absolute Gasteiger partial charge is 0.378 e. The second-order valence-electron chi connectivity index (χ2n) is 7.82. The second kappa shape index (κ2) is 9.18. The van der Waals surface area contributed by atoms with Gasteiger partial charge < -0.3 is 15.0 Å². The van der Waals surface area contributed by atoms with Crippen molar-refractivity contribution in [2.45, 2.75) is 32.0 Å². The minimum atomic E-state index is -4.47. The molecule has 3 heterocycles. The Morgan fingerprint density at radius 1 is 1.23 bits per heavy atom. The molecule has 0 bridgehead atoms. The van der Waals surface area contributed by atoms with Crippen LogP contribution >= 0.6 is 11.3 Å². The number of carbonyl (C=O) groups excluding carboxylic acids is 1. The summed E-state index contributed by atoms with van der Waals surface area (Å²) >= 11 is 1.74. The molecule has 2 aliphatic heterocycles. The highest BCUT2D eigenvalue weighted by Crippen LogP contribution is 2.37. The number of ether oxygens (including phenoxy) is 1. The number of anilines is 2. The average Bonchev–Trinajstić information content (AvgIpc) is 3.22. The number of fused-ring (bicyclic) bond motifs is 1. The number of carbonyl (C=O) groups is 1. The molecule has 1 aromatic heterocycles. The molecule has 4 rings (SSSR count). The third kappa shape index (κ3) is 4.88. The van der Waals surface area contributed by atoms with E-state index in [1.165, 1.54) is 16.5 Å². The lowest BCUT2D eigenvalue weighted by molar-refractivity contribution is -0.137. The van der Waals surface area contributed by atoms with E-state index in [-0.39, 0.29) is 24.2 Å². The molecule has 0 saturated carbocycles. The van der Waals surface area contributed by atoms with Crippen molar-refractivity contribution >= 4 is 28.6 Å². The number of benzene rings is 1. The first-order valence-electron chi connectivity index (χ1n) is 10.5. The van der Waals surface area contributed by atoms with Gasteiger partial charge in [0.05, 0.1) is 36.7 Å². The third-order valence-electron chi connectivity index (χ3n) is 5.89. The Kier molecular flexibility index (Phi) is 6.55. The summed E-state index contributed by atoms with van der Waals surface area (Å²) in [5.74, 6) is -0.300. The Bertz CT molecular complexity index is 925. The summed E-state index contributed by atoms with van der Waals surface area (Å²) in [6, 6.07) is 5.81. The van der Waals surface area contributed by atoms with E-state index >= 15 is 0 Å². The summed E-state index contributed by atoms with van der Waals surface area (Å²) in [4.78, 5) is 18.3. The van der Waals surface area contributed by atoms with Gasteiger partial charge in [-0.05, 0) is 48.1 Å². The summed E-state index contributed by atoms with van der Waals surface area (Å²) in [6.45, 7) is 5.14. The number of rotatable bonds is 5. The van der Waals surface area contributed by atoms with Crippen LogP contribution in [0.25, 0.3) is 0 Å². The van der Waals surface area contributed by atoms with Gasteiger partial charge in [-0.25, -0.2) is 0 Å². The lowest BCUT2D eigenvalue weighted by Crippen LogP contribution is -2.40.